The molecule has 0 radical (unpaired) electrons. The van der Waals surface area contributed by atoms with E-state index in [2.05, 4.69) is 47.7 Å². The summed E-state index contributed by atoms with van der Waals surface area (Å²) < 4.78 is 7.17. The third-order valence-corrected chi connectivity index (χ3v) is 6.29. The smallest absolute Gasteiger partial charge is 0.315 e. The Labute approximate surface area is 236 Å². The molecule has 0 unspecified atom stereocenters. The Morgan fingerprint density at radius 1 is 0.763 bits per heavy atom. The molecule has 2 N–H and O–H groups in total. The summed E-state index contributed by atoms with van der Waals surface area (Å²) in [4.78, 5) is 37.3. The number of anilines is 1. The lowest BCUT2D eigenvalue weighted by Crippen LogP contribution is -2.18. The molecule has 9 heteroatoms. The summed E-state index contributed by atoms with van der Waals surface area (Å²) in [6.07, 6.45) is 1.53. The Bertz CT molecular complexity index is 1470. The van der Waals surface area contributed by atoms with Crippen molar-refractivity contribution in [3.8, 4) is 5.75 Å². The average Bonchev–Trinajstić information content (AvgIpc) is 2.91. The van der Waals surface area contributed by atoms with Gasteiger partial charge in [0.05, 0.1) is 12.6 Å². The number of nitrogens with one attached hydrogen (secondary N) is 2. The summed E-state index contributed by atoms with van der Waals surface area (Å²) in [5.74, 6) is -0.791. The number of esters is 1. The van der Waals surface area contributed by atoms with Crippen LogP contribution in [0.5, 0.6) is 5.75 Å². The van der Waals surface area contributed by atoms with Crippen molar-refractivity contribution in [2.75, 3.05) is 5.32 Å². The van der Waals surface area contributed by atoms with Crippen LogP contribution in [0, 0.1) is 0 Å². The molecule has 0 aliphatic heterocycles. The number of hydrogen-bond acceptors (Lipinski definition) is 5. The first-order chi connectivity index (χ1) is 18.4. The number of ether oxygens (including phenoxy) is 1. The SMILES string of the molecule is O=C(Cc1ccccc1)Oc1ccc(Br)cc1/C=N\NC(=O)c1ccc(NC(=O)c2ccc(Br)cc2)cc1. The van der Waals surface area contributed by atoms with Crippen LogP contribution in [-0.4, -0.2) is 24.0 Å². The highest BCUT2D eigenvalue weighted by atomic mass is 79.9. The molecule has 0 spiro atoms. The molecule has 0 fully saturated rings. The zero-order valence-electron chi connectivity index (χ0n) is 19.9. The minimum Gasteiger partial charge on any atom is -0.426 e. The molecule has 2 amide bonds. The topological polar surface area (TPSA) is 96.9 Å². The maximum Gasteiger partial charge on any atom is 0.315 e. The summed E-state index contributed by atoms with van der Waals surface area (Å²) in [7, 11) is 0. The molecule has 38 heavy (non-hydrogen) atoms. The van der Waals surface area contributed by atoms with Gasteiger partial charge in [-0.05, 0) is 72.3 Å². The molecule has 0 aliphatic rings. The quantitative estimate of drug-likeness (QED) is 0.102. The lowest BCUT2D eigenvalue weighted by Gasteiger charge is -2.08. The first kappa shape index (κ1) is 27.0. The summed E-state index contributed by atoms with van der Waals surface area (Å²) in [6, 6.07) is 27.8. The highest BCUT2D eigenvalue weighted by Crippen LogP contribution is 2.22. The number of amides is 2. The van der Waals surface area contributed by atoms with Crippen molar-refractivity contribution in [1.29, 1.82) is 0 Å². The van der Waals surface area contributed by atoms with Crippen molar-refractivity contribution in [1.82, 2.24) is 5.43 Å². The number of carbonyl (C=O) groups is 3. The van der Waals surface area contributed by atoms with Gasteiger partial charge in [-0.3, -0.25) is 14.4 Å². The maximum atomic E-state index is 12.5. The van der Waals surface area contributed by atoms with Crippen molar-refractivity contribution in [3.05, 3.63) is 128 Å². The molecule has 0 saturated carbocycles. The van der Waals surface area contributed by atoms with Gasteiger partial charge in [-0.25, -0.2) is 5.43 Å². The van der Waals surface area contributed by atoms with Crippen LogP contribution in [0.2, 0.25) is 0 Å². The van der Waals surface area contributed by atoms with Gasteiger partial charge in [0.25, 0.3) is 11.8 Å². The van der Waals surface area contributed by atoms with E-state index < -0.39 is 11.9 Å². The maximum absolute atomic E-state index is 12.5. The number of nitrogens with zero attached hydrogens (tertiary/aromatic N) is 1. The Morgan fingerprint density at radius 3 is 2.11 bits per heavy atom. The van der Waals surface area contributed by atoms with Crippen LogP contribution < -0.4 is 15.5 Å². The van der Waals surface area contributed by atoms with E-state index in [0.717, 1.165) is 14.5 Å². The zero-order chi connectivity index (χ0) is 26.9. The van der Waals surface area contributed by atoms with Crippen LogP contribution in [0.15, 0.2) is 111 Å². The summed E-state index contributed by atoms with van der Waals surface area (Å²) in [5, 5.41) is 6.81. The van der Waals surface area contributed by atoms with E-state index in [4.69, 9.17) is 4.74 Å². The van der Waals surface area contributed by atoms with Gasteiger partial charge in [0, 0.05) is 31.3 Å². The van der Waals surface area contributed by atoms with Crippen LogP contribution in [0.1, 0.15) is 31.8 Å². The van der Waals surface area contributed by atoms with Crippen molar-refractivity contribution >= 4 is 61.5 Å². The van der Waals surface area contributed by atoms with Gasteiger partial charge in [-0.2, -0.15) is 5.10 Å². The standard InChI is InChI=1S/C29H21Br2N3O4/c30-23-10-6-20(7-11-23)28(36)33-25-13-8-21(9-14-25)29(37)34-32-18-22-17-24(31)12-15-26(22)38-27(35)16-19-4-2-1-3-5-19/h1-15,17-18H,16H2,(H,33,36)(H,34,37)/b32-18-. The number of halogens is 2. The van der Waals surface area contributed by atoms with Crippen LogP contribution >= 0.6 is 31.9 Å². The van der Waals surface area contributed by atoms with Gasteiger partial charge in [0.1, 0.15) is 5.75 Å². The fraction of sp³-hybridized carbons (Fsp3) is 0.0345. The fourth-order valence-corrected chi connectivity index (χ4v) is 4.01. The minimum absolute atomic E-state index is 0.129. The predicted octanol–water partition coefficient (Wildman–Crippen LogP) is 6.38. The number of carbonyl (C=O) groups excluding carboxylic acids is 3. The minimum atomic E-state index is -0.440. The van der Waals surface area contributed by atoms with Crippen molar-refractivity contribution in [2.45, 2.75) is 6.42 Å². The van der Waals surface area contributed by atoms with E-state index in [1.807, 2.05) is 30.3 Å². The van der Waals surface area contributed by atoms with Crippen molar-refractivity contribution in [3.63, 3.8) is 0 Å². The molecule has 0 aliphatic carbocycles. The van der Waals surface area contributed by atoms with Crippen LogP contribution in [0.25, 0.3) is 0 Å². The Kier molecular flexibility index (Phi) is 9.18. The molecule has 0 aromatic heterocycles. The van der Waals surface area contributed by atoms with E-state index in [9.17, 15) is 14.4 Å². The normalized spacial score (nSPS) is 10.7. The van der Waals surface area contributed by atoms with E-state index in [1.54, 1.807) is 66.7 Å². The third-order valence-electron chi connectivity index (χ3n) is 5.27. The van der Waals surface area contributed by atoms with Gasteiger partial charge in [0.2, 0.25) is 0 Å². The van der Waals surface area contributed by atoms with Gasteiger partial charge in [-0.1, -0.05) is 62.2 Å². The molecule has 4 aromatic rings. The molecule has 0 heterocycles. The van der Waals surface area contributed by atoms with Crippen molar-refractivity contribution in [2.24, 2.45) is 5.10 Å². The van der Waals surface area contributed by atoms with Gasteiger partial charge >= 0.3 is 5.97 Å². The fourth-order valence-electron chi connectivity index (χ4n) is 3.37. The second-order valence-corrected chi connectivity index (χ2v) is 9.89. The van der Waals surface area contributed by atoms with Crippen LogP contribution in [0.4, 0.5) is 5.69 Å². The van der Waals surface area contributed by atoms with E-state index in [1.165, 1.54) is 6.21 Å². The zero-order valence-corrected chi connectivity index (χ0v) is 23.0. The molecule has 190 valence electrons. The van der Waals surface area contributed by atoms with Gasteiger partial charge in [-0.15, -0.1) is 0 Å². The van der Waals surface area contributed by atoms with E-state index in [-0.39, 0.29) is 12.3 Å². The Morgan fingerprint density at radius 2 is 1.39 bits per heavy atom. The lowest BCUT2D eigenvalue weighted by atomic mass is 10.1. The Hall–Kier alpha value is -4.08. The highest BCUT2D eigenvalue weighted by molar-refractivity contribution is 9.10. The highest BCUT2D eigenvalue weighted by Gasteiger charge is 2.11. The first-order valence-electron chi connectivity index (χ1n) is 11.4. The molecule has 4 rings (SSSR count). The lowest BCUT2D eigenvalue weighted by molar-refractivity contribution is -0.133. The number of rotatable bonds is 8. The third kappa shape index (κ3) is 7.71. The second kappa shape index (κ2) is 12.9. The largest absolute Gasteiger partial charge is 0.426 e. The van der Waals surface area contributed by atoms with Crippen LogP contribution in [0.3, 0.4) is 0 Å². The van der Waals surface area contributed by atoms with Gasteiger partial charge < -0.3 is 10.1 Å². The molecular formula is C29H21Br2N3O4. The molecule has 4 aromatic carbocycles. The molecule has 0 saturated heterocycles. The second-order valence-electron chi connectivity index (χ2n) is 8.06. The van der Waals surface area contributed by atoms with Crippen molar-refractivity contribution < 1.29 is 19.1 Å². The average molecular weight is 635 g/mol. The number of hydrogen-bond donors (Lipinski definition) is 2. The monoisotopic (exact) mass is 633 g/mol. The Balaban J connectivity index is 1.35. The van der Waals surface area contributed by atoms with E-state index >= 15 is 0 Å². The molecular weight excluding hydrogens is 614 g/mol. The summed E-state index contributed by atoms with van der Waals surface area (Å²) in [5.41, 5.74) is 5.23. The van der Waals surface area contributed by atoms with Gasteiger partial charge in [0.15, 0.2) is 0 Å². The molecule has 0 bridgehead atoms. The number of benzene rings is 4. The molecule has 7 nitrogen and oxygen atoms in total. The predicted molar refractivity (Wildman–Crippen MR) is 154 cm³/mol. The first-order valence-corrected chi connectivity index (χ1v) is 13.0. The summed E-state index contributed by atoms with van der Waals surface area (Å²) >= 11 is 6.73. The van der Waals surface area contributed by atoms with Crippen LogP contribution in [-0.2, 0) is 11.2 Å². The van der Waals surface area contributed by atoms with E-state index in [0.29, 0.717) is 28.1 Å². The number of hydrazone groups is 1. The summed E-state index contributed by atoms with van der Waals surface area (Å²) in [6.45, 7) is 0. The molecule has 0 atom stereocenters.